The van der Waals surface area contributed by atoms with Crippen LogP contribution < -0.4 is 0 Å². The predicted octanol–water partition coefficient (Wildman–Crippen LogP) is 2.72. The highest BCUT2D eigenvalue weighted by Crippen LogP contribution is 2.18. The summed E-state index contributed by atoms with van der Waals surface area (Å²) in [5, 5.41) is 0. The van der Waals surface area contributed by atoms with Gasteiger partial charge in [-0.3, -0.25) is 4.79 Å². The van der Waals surface area contributed by atoms with Crippen molar-refractivity contribution in [2.75, 3.05) is 13.6 Å². The normalized spacial score (nSPS) is 12.2. The van der Waals surface area contributed by atoms with E-state index in [-0.39, 0.29) is 29.4 Å². The number of benzene rings is 1. The van der Waals surface area contributed by atoms with E-state index in [1.54, 1.807) is 17.0 Å². The van der Waals surface area contributed by atoms with Crippen molar-refractivity contribution in [3.63, 3.8) is 0 Å². The first-order valence-corrected chi connectivity index (χ1v) is 9.33. The van der Waals surface area contributed by atoms with Gasteiger partial charge in [-0.15, -0.1) is 0 Å². The summed E-state index contributed by atoms with van der Waals surface area (Å²) in [7, 11) is -2.25. The van der Waals surface area contributed by atoms with Gasteiger partial charge in [-0.1, -0.05) is 15.9 Å². The Bertz CT molecular complexity index is 604. The summed E-state index contributed by atoms with van der Waals surface area (Å²) in [5.41, 5.74) is 0. The third-order valence-electron chi connectivity index (χ3n) is 3.28. The fraction of sp³-hybridized carbons (Fsp3) is 0.533. The molecule has 1 aromatic rings. The minimum absolute atomic E-state index is 0.0243. The Hall–Kier alpha value is -0.920. The lowest BCUT2D eigenvalue weighted by Crippen LogP contribution is -2.47. The van der Waals surface area contributed by atoms with Gasteiger partial charge in [0.2, 0.25) is 15.9 Å². The Labute approximate surface area is 141 Å². The first kappa shape index (κ1) is 19.1. The summed E-state index contributed by atoms with van der Waals surface area (Å²) < 4.78 is 26.9. The number of rotatable bonds is 6. The Balaban J connectivity index is 2.93. The van der Waals surface area contributed by atoms with Crippen molar-refractivity contribution < 1.29 is 13.2 Å². The monoisotopic (exact) mass is 390 g/mol. The smallest absolute Gasteiger partial charge is 0.243 e. The molecule has 0 saturated carbocycles. The Morgan fingerprint density at radius 2 is 1.55 bits per heavy atom. The molecule has 0 aliphatic carbocycles. The van der Waals surface area contributed by atoms with Gasteiger partial charge in [0.05, 0.1) is 11.4 Å². The van der Waals surface area contributed by atoms with Crippen LogP contribution in [0.4, 0.5) is 0 Å². The van der Waals surface area contributed by atoms with E-state index in [9.17, 15) is 13.2 Å². The van der Waals surface area contributed by atoms with Gasteiger partial charge in [-0.25, -0.2) is 8.42 Å². The predicted molar refractivity (Wildman–Crippen MR) is 91.1 cm³/mol. The molecule has 0 N–H and O–H groups in total. The van der Waals surface area contributed by atoms with E-state index < -0.39 is 10.0 Å². The maximum Gasteiger partial charge on any atom is 0.243 e. The number of sulfonamides is 1. The molecular formula is C15H23BrN2O3S. The van der Waals surface area contributed by atoms with Gasteiger partial charge in [0.25, 0.3) is 0 Å². The van der Waals surface area contributed by atoms with Crippen LogP contribution in [-0.2, 0) is 14.8 Å². The minimum Gasteiger partial charge on any atom is -0.337 e. The minimum atomic E-state index is -3.67. The second-order valence-electron chi connectivity index (χ2n) is 5.70. The maximum atomic E-state index is 12.5. The molecule has 0 aromatic heterocycles. The van der Waals surface area contributed by atoms with Crippen molar-refractivity contribution in [2.45, 2.75) is 44.7 Å². The molecule has 7 heteroatoms. The second-order valence-corrected chi connectivity index (χ2v) is 8.66. The van der Waals surface area contributed by atoms with Gasteiger partial charge >= 0.3 is 0 Å². The first-order valence-electron chi connectivity index (χ1n) is 7.10. The Morgan fingerprint density at radius 3 is 1.95 bits per heavy atom. The molecule has 0 saturated heterocycles. The average molecular weight is 391 g/mol. The number of amides is 1. The fourth-order valence-electron chi connectivity index (χ4n) is 2.32. The molecule has 5 nitrogen and oxygen atoms in total. The summed E-state index contributed by atoms with van der Waals surface area (Å²) in [6, 6.07) is 6.41. The summed E-state index contributed by atoms with van der Waals surface area (Å²) in [6.45, 7) is 7.50. The molecular weight excluding hydrogens is 368 g/mol. The number of hydrogen-bond acceptors (Lipinski definition) is 3. The highest BCUT2D eigenvalue weighted by atomic mass is 79.9. The molecule has 22 heavy (non-hydrogen) atoms. The lowest BCUT2D eigenvalue weighted by atomic mass is 10.2. The molecule has 1 aromatic carbocycles. The molecule has 1 rings (SSSR count). The lowest BCUT2D eigenvalue weighted by Gasteiger charge is -2.32. The van der Waals surface area contributed by atoms with Crippen molar-refractivity contribution >= 4 is 31.9 Å². The molecule has 1 amide bonds. The Morgan fingerprint density at radius 1 is 1.09 bits per heavy atom. The van der Waals surface area contributed by atoms with Gasteiger partial charge in [0, 0.05) is 23.6 Å². The molecule has 0 radical (unpaired) electrons. The van der Waals surface area contributed by atoms with E-state index in [1.165, 1.54) is 19.2 Å². The third-order valence-corrected chi connectivity index (χ3v) is 5.63. The summed E-state index contributed by atoms with van der Waals surface area (Å²) in [5.74, 6) is -0.201. The van der Waals surface area contributed by atoms with Crippen LogP contribution in [0.5, 0.6) is 0 Å². The van der Waals surface area contributed by atoms with Crippen LogP contribution in [0, 0.1) is 0 Å². The number of carbonyl (C=O) groups is 1. The molecule has 0 unspecified atom stereocenters. The second kappa shape index (κ2) is 7.57. The molecule has 0 aliphatic heterocycles. The lowest BCUT2D eigenvalue weighted by molar-refractivity contribution is -0.134. The highest BCUT2D eigenvalue weighted by Gasteiger charge is 2.27. The van der Waals surface area contributed by atoms with Crippen molar-refractivity contribution in [3.8, 4) is 0 Å². The van der Waals surface area contributed by atoms with Gasteiger partial charge < -0.3 is 4.90 Å². The molecule has 0 spiro atoms. The van der Waals surface area contributed by atoms with E-state index in [1.807, 2.05) is 27.7 Å². The van der Waals surface area contributed by atoms with Crippen LogP contribution >= 0.6 is 15.9 Å². The largest absolute Gasteiger partial charge is 0.337 e. The van der Waals surface area contributed by atoms with E-state index in [0.717, 1.165) is 8.78 Å². The number of halogens is 1. The SMILES string of the molecule is CC(C)N(C(=O)CN(C)S(=O)(=O)c1ccc(Br)cc1)C(C)C. The first-order chi connectivity index (χ1) is 10.1. The zero-order chi connectivity index (χ0) is 17.1. The van der Waals surface area contributed by atoms with E-state index in [4.69, 9.17) is 0 Å². The van der Waals surface area contributed by atoms with Crippen molar-refractivity contribution in [3.05, 3.63) is 28.7 Å². The van der Waals surface area contributed by atoms with Gasteiger partial charge in [0.15, 0.2) is 0 Å². The van der Waals surface area contributed by atoms with Crippen LogP contribution in [0.3, 0.4) is 0 Å². The summed E-state index contributed by atoms with van der Waals surface area (Å²) in [6.07, 6.45) is 0. The average Bonchev–Trinajstić information content (AvgIpc) is 2.37. The van der Waals surface area contributed by atoms with E-state index >= 15 is 0 Å². The topological polar surface area (TPSA) is 57.7 Å². The fourth-order valence-corrected chi connectivity index (χ4v) is 3.70. The van der Waals surface area contributed by atoms with Crippen molar-refractivity contribution in [2.24, 2.45) is 0 Å². The van der Waals surface area contributed by atoms with Crippen LogP contribution in [0.1, 0.15) is 27.7 Å². The summed E-state index contributed by atoms with van der Waals surface area (Å²) >= 11 is 3.27. The molecule has 0 fully saturated rings. The van der Waals surface area contributed by atoms with Crippen LogP contribution in [-0.4, -0.2) is 49.2 Å². The maximum absolute atomic E-state index is 12.5. The number of nitrogens with zero attached hydrogens (tertiary/aromatic N) is 2. The standard InChI is InChI=1S/C15H23BrN2O3S/c1-11(2)18(12(3)4)15(19)10-17(5)22(20,21)14-8-6-13(16)7-9-14/h6-9,11-12H,10H2,1-5H3. The molecule has 0 bridgehead atoms. The van der Waals surface area contributed by atoms with Crippen LogP contribution in [0.2, 0.25) is 0 Å². The van der Waals surface area contributed by atoms with E-state index in [0.29, 0.717) is 0 Å². The van der Waals surface area contributed by atoms with E-state index in [2.05, 4.69) is 15.9 Å². The van der Waals surface area contributed by atoms with Crippen LogP contribution in [0.15, 0.2) is 33.6 Å². The van der Waals surface area contributed by atoms with Gasteiger partial charge in [-0.05, 0) is 52.0 Å². The molecule has 0 atom stereocenters. The van der Waals surface area contributed by atoms with Crippen molar-refractivity contribution in [1.29, 1.82) is 0 Å². The van der Waals surface area contributed by atoms with Crippen molar-refractivity contribution in [1.82, 2.24) is 9.21 Å². The van der Waals surface area contributed by atoms with Gasteiger partial charge in [0.1, 0.15) is 0 Å². The Kier molecular flexibility index (Phi) is 6.58. The van der Waals surface area contributed by atoms with Gasteiger partial charge in [-0.2, -0.15) is 4.31 Å². The molecule has 0 heterocycles. The zero-order valence-electron chi connectivity index (χ0n) is 13.6. The zero-order valence-corrected chi connectivity index (χ0v) is 16.0. The van der Waals surface area contributed by atoms with Crippen LogP contribution in [0.25, 0.3) is 0 Å². The quantitative estimate of drug-likeness (QED) is 0.749. The summed E-state index contributed by atoms with van der Waals surface area (Å²) in [4.78, 5) is 14.2. The number of hydrogen-bond donors (Lipinski definition) is 0. The molecule has 124 valence electrons. The number of carbonyl (C=O) groups excluding carboxylic acids is 1. The molecule has 0 aliphatic rings. The third kappa shape index (κ3) is 4.54. The highest BCUT2D eigenvalue weighted by molar-refractivity contribution is 9.10. The number of likely N-dealkylation sites (N-methyl/N-ethyl adjacent to an activating group) is 1.